The Hall–Kier alpha value is -4.37. The highest BCUT2D eigenvalue weighted by molar-refractivity contribution is 7.80. The van der Waals surface area contributed by atoms with E-state index in [0.29, 0.717) is 29.8 Å². The molecule has 0 saturated heterocycles. The first-order chi connectivity index (χ1) is 16.4. The fourth-order valence-corrected chi connectivity index (χ4v) is 3.25. The number of carbonyl (C=O) groups is 2. The Labute approximate surface area is 201 Å². The average Bonchev–Trinajstić information content (AvgIpc) is 2.84. The molecule has 0 aliphatic carbocycles. The molecule has 0 heterocycles. The van der Waals surface area contributed by atoms with Crippen molar-refractivity contribution in [3.8, 4) is 0 Å². The van der Waals surface area contributed by atoms with Crippen LogP contribution in [0.15, 0.2) is 84.9 Å². The lowest BCUT2D eigenvalue weighted by molar-refractivity contribution is -0.384. The van der Waals surface area contributed by atoms with E-state index in [1.54, 1.807) is 24.3 Å². The second-order valence-electron chi connectivity index (χ2n) is 7.16. The maximum atomic E-state index is 12.6. The monoisotopic (exact) mass is 474 g/mol. The highest BCUT2D eigenvalue weighted by Crippen LogP contribution is 2.15. The predicted molar refractivity (Wildman–Crippen MR) is 135 cm³/mol. The van der Waals surface area contributed by atoms with Crippen molar-refractivity contribution in [1.82, 2.24) is 10.6 Å². The molecule has 34 heavy (non-hydrogen) atoms. The molecule has 8 nitrogen and oxygen atoms in total. The van der Waals surface area contributed by atoms with Gasteiger partial charge in [0.1, 0.15) is 0 Å². The standard InChI is InChI=1S/C25H22N4O4S/c30-23(15-12-19-10-13-20(14-11-19)29(32)33)28-25(34)27-22-9-5-4-8-21(22)24(31)26-17-16-18-6-2-1-3-7-18/h1-15H,16-17H2,(H,26,31)(H2,27,28,30,34)/b15-12+. The molecule has 3 rings (SSSR count). The summed E-state index contributed by atoms with van der Waals surface area (Å²) < 4.78 is 0. The predicted octanol–water partition coefficient (Wildman–Crippen LogP) is 4.09. The van der Waals surface area contributed by atoms with Gasteiger partial charge in [-0.25, -0.2) is 0 Å². The Morgan fingerprint density at radius 2 is 1.62 bits per heavy atom. The van der Waals surface area contributed by atoms with Gasteiger partial charge in [-0.2, -0.15) is 0 Å². The van der Waals surface area contributed by atoms with Gasteiger partial charge >= 0.3 is 0 Å². The van der Waals surface area contributed by atoms with Crippen molar-refractivity contribution in [2.24, 2.45) is 0 Å². The van der Waals surface area contributed by atoms with E-state index in [1.807, 2.05) is 30.3 Å². The second-order valence-corrected chi connectivity index (χ2v) is 7.57. The first kappa shape index (κ1) is 24.3. The van der Waals surface area contributed by atoms with Crippen molar-refractivity contribution >= 4 is 46.6 Å². The molecule has 0 bridgehead atoms. The highest BCUT2D eigenvalue weighted by atomic mass is 32.1. The van der Waals surface area contributed by atoms with Crippen LogP contribution in [0.4, 0.5) is 11.4 Å². The smallest absolute Gasteiger partial charge is 0.269 e. The molecule has 0 unspecified atom stereocenters. The van der Waals surface area contributed by atoms with Crippen molar-refractivity contribution in [1.29, 1.82) is 0 Å². The van der Waals surface area contributed by atoms with E-state index < -0.39 is 10.8 Å². The third-order valence-corrected chi connectivity index (χ3v) is 4.93. The lowest BCUT2D eigenvalue weighted by atomic mass is 10.1. The molecule has 9 heteroatoms. The van der Waals surface area contributed by atoms with Crippen molar-refractivity contribution < 1.29 is 14.5 Å². The maximum absolute atomic E-state index is 12.6. The molecule has 3 aromatic carbocycles. The summed E-state index contributed by atoms with van der Waals surface area (Å²) in [5.74, 6) is -0.744. The topological polar surface area (TPSA) is 113 Å². The van der Waals surface area contributed by atoms with Gasteiger partial charge in [-0.1, -0.05) is 42.5 Å². The number of nitro groups is 1. The summed E-state index contributed by atoms with van der Waals surface area (Å²) in [6.07, 6.45) is 3.48. The number of nitrogens with zero attached hydrogens (tertiary/aromatic N) is 1. The Balaban J connectivity index is 1.53. The zero-order valence-corrected chi connectivity index (χ0v) is 18.9. The van der Waals surface area contributed by atoms with E-state index >= 15 is 0 Å². The first-order valence-corrected chi connectivity index (χ1v) is 10.8. The molecule has 3 N–H and O–H groups in total. The fourth-order valence-electron chi connectivity index (χ4n) is 3.04. The number of carbonyl (C=O) groups excluding carboxylic acids is 2. The number of nitrogens with one attached hydrogen (secondary N) is 3. The number of anilines is 1. The van der Waals surface area contributed by atoms with Gasteiger partial charge < -0.3 is 10.6 Å². The Kier molecular flexibility index (Phi) is 8.59. The van der Waals surface area contributed by atoms with E-state index in [0.717, 1.165) is 5.56 Å². The van der Waals surface area contributed by atoms with Crippen LogP contribution in [-0.2, 0) is 11.2 Å². The number of non-ortho nitro benzene ring substituents is 1. The van der Waals surface area contributed by atoms with E-state index in [-0.39, 0.29) is 16.7 Å². The zero-order valence-electron chi connectivity index (χ0n) is 18.1. The van der Waals surface area contributed by atoms with Gasteiger partial charge in [0.05, 0.1) is 16.2 Å². The highest BCUT2D eigenvalue weighted by Gasteiger charge is 2.12. The number of para-hydroxylation sites is 1. The molecular weight excluding hydrogens is 452 g/mol. The van der Waals surface area contributed by atoms with Gasteiger partial charge in [-0.05, 0) is 60.1 Å². The number of rotatable bonds is 8. The largest absolute Gasteiger partial charge is 0.352 e. The molecule has 0 aromatic heterocycles. The van der Waals surface area contributed by atoms with Crippen molar-refractivity contribution in [3.63, 3.8) is 0 Å². The zero-order chi connectivity index (χ0) is 24.3. The van der Waals surface area contributed by atoms with Crippen molar-refractivity contribution in [2.45, 2.75) is 6.42 Å². The molecule has 3 aromatic rings. The van der Waals surface area contributed by atoms with Crippen molar-refractivity contribution in [3.05, 3.63) is 112 Å². The van der Waals surface area contributed by atoms with E-state index in [2.05, 4.69) is 16.0 Å². The fraction of sp³-hybridized carbons (Fsp3) is 0.0800. The Morgan fingerprint density at radius 3 is 2.32 bits per heavy atom. The number of thiocarbonyl (C=S) groups is 1. The van der Waals surface area contributed by atoms with Gasteiger partial charge in [0.2, 0.25) is 5.91 Å². The minimum atomic E-state index is -0.494. The quantitative estimate of drug-likeness (QED) is 0.196. The summed E-state index contributed by atoms with van der Waals surface area (Å²) in [4.78, 5) is 35.0. The second kappa shape index (κ2) is 12.0. The van der Waals surface area contributed by atoms with Crippen LogP contribution in [0.2, 0.25) is 0 Å². The van der Waals surface area contributed by atoms with Gasteiger partial charge in [-0.15, -0.1) is 0 Å². The third kappa shape index (κ3) is 7.35. The summed E-state index contributed by atoms with van der Waals surface area (Å²) in [5, 5.41) is 19.0. The van der Waals surface area contributed by atoms with E-state index in [9.17, 15) is 19.7 Å². The minimum Gasteiger partial charge on any atom is -0.352 e. The van der Waals surface area contributed by atoms with Crippen LogP contribution >= 0.6 is 12.2 Å². The number of amides is 2. The van der Waals surface area contributed by atoms with Crippen LogP contribution in [0, 0.1) is 10.1 Å². The molecule has 0 radical (unpaired) electrons. The molecule has 0 fully saturated rings. The van der Waals surface area contributed by atoms with Crippen molar-refractivity contribution in [2.75, 3.05) is 11.9 Å². The number of hydrogen-bond acceptors (Lipinski definition) is 5. The summed E-state index contributed by atoms with van der Waals surface area (Å²) in [6, 6.07) is 22.5. The molecule has 2 amide bonds. The third-order valence-electron chi connectivity index (χ3n) is 4.73. The van der Waals surface area contributed by atoms with Gasteiger partial charge in [0.15, 0.2) is 5.11 Å². The first-order valence-electron chi connectivity index (χ1n) is 10.4. The van der Waals surface area contributed by atoms with Crippen LogP contribution in [-0.4, -0.2) is 28.4 Å². The normalized spacial score (nSPS) is 10.5. The lowest BCUT2D eigenvalue weighted by Gasteiger charge is -2.13. The summed E-state index contributed by atoms with van der Waals surface area (Å²) >= 11 is 5.20. The molecule has 0 atom stereocenters. The molecule has 0 aliphatic heterocycles. The molecular formula is C25H22N4O4S. The van der Waals surface area contributed by atoms with Crippen LogP contribution in [0.3, 0.4) is 0 Å². The lowest BCUT2D eigenvalue weighted by Crippen LogP contribution is -2.34. The number of hydrogen-bond donors (Lipinski definition) is 3. The van der Waals surface area contributed by atoms with Crippen LogP contribution < -0.4 is 16.0 Å². The van der Waals surface area contributed by atoms with Gasteiger partial charge in [0, 0.05) is 24.8 Å². The van der Waals surface area contributed by atoms with E-state index in [1.165, 1.54) is 36.4 Å². The van der Waals surface area contributed by atoms with Gasteiger partial charge in [0.25, 0.3) is 11.6 Å². The molecule has 0 spiro atoms. The van der Waals surface area contributed by atoms with Gasteiger partial charge in [-0.3, -0.25) is 25.0 Å². The summed E-state index contributed by atoms with van der Waals surface area (Å²) in [5.41, 5.74) is 2.57. The number of nitro benzene ring substituents is 1. The Morgan fingerprint density at radius 1 is 0.941 bits per heavy atom. The van der Waals surface area contributed by atoms with Crippen LogP contribution in [0.25, 0.3) is 6.08 Å². The summed E-state index contributed by atoms with van der Waals surface area (Å²) in [7, 11) is 0. The molecule has 0 saturated carbocycles. The molecule has 172 valence electrons. The molecule has 0 aliphatic rings. The summed E-state index contributed by atoms with van der Waals surface area (Å²) in [6.45, 7) is 0.478. The Bertz CT molecular complexity index is 1210. The number of benzene rings is 3. The SMILES string of the molecule is O=C(/C=C/c1ccc([N+](=O)[O-])cc1)NC(=S)Nc1ccccc1C(=O)NCCc1ccccc1. The van der Waals surface area contributed by atoms with Crippen LogP contribution in [0.5, 0.6) is 0 Å². The minimum absolute atomic E-state index is 0.0304. The maximum Gasteiger partial charge on any atom is 0.269 e. The van der Waals surface area contributed by atoms with Crippen LogP contribution in [0.1, 0.15) is 21.5 Å². The van der Waals surface area contributed by atoms with E-state index in [4.69, 9.17) is 12.2 Å². The average molecular weight is 475 g/mol.